The molecule has 0 aliphatic rings. The highest BCUT2D eigenvalue weighted by atomic mass is 16.2. The fraction of sp³-hybridized carbons (Fsp3) is 0.333. The molecule has 0 bridgehead atoms. The van der Waals surface area contributed by atoms with Crippen LogP contribution in [0.5, 0.6) is 0 Å². The molecule has 5 heteroatoms. The van der Waals surface area contributed by atoms with E-state index in [0.717, 1.165) is 5.56 Å². The van der Waals surface area contributed by atoms with Crippen LogP contribution in [0.2, 0.25) is 0 Å². The van der Waals surface area contributed by atoms with Gasteiger partial charge in [0.1, 0.15) is 0 Å². The molecule has 1 unspecified atom stereocenters. The molecule has 0 saturated carbocycles. The molecule has 1 atom stereocenters. The second-order valence-electron chi connectivity index (χ2n) is 4.33. The van der Waals surface area contributed by atoms with Gasteiger partial charge in [0.15, 0.2) is 0 Å². The summed E-state index contributed by atoms with van der Waals surface area (Å²) in [6, 6.07) is 6.33. The summed E-state index contributed by atoms with van der Waals surface area (Å²) in [5.41, 5.74) is 7.10. The number of carbonyl (C=O) groups is 2. The first kappa shape index (κ1) is 15.7. The van der Waals surface area contributed by atoms with Crippen LogP contribution in [-0.2, 0) is 16.0 Å². The first-order chi connectivity index (χ1) is 9.56. The van der Waals surface area contributed by atoms with E-state index in [1.807, 2.05) is 6.92 Å². The fourth-order valence-electron chi connectivity index (χ4n) is 1.61. The molecule has 0 aliphatic carbocycles. The molecule has 1 rings (SSSR count). The first-order valence-electron chi connectivity index (χ1n) is 6.42. The minimum Gasteiger partial charge on any atom is -0.356 e. The van der Waals surface area contributed by atoms with Gasteiger partial charge in [0, 0.05) is 18.7 Å². The number of benzene rings is 1. The number of rotatable bonds is 6. The third kappa shape index (κ3) is 5.12. The van der Waals surface area contributed by atoms with Gasteiger partial charge < -0.3 is 16.4 Å². The van der Waals surface area contributed by atoms with E-state index in [1.54, 1.807) is 24.3 Å². The van der Waals surface area contributed by atoms with E-state index in [-0.39, 0.29) is 18.2 Å². The van der Waals surface area contributed by atoms with Gasteiger partial charge in [0.2, 0.25) is 11.8 Å². The van der Waals surface area contributed by atoms with E-state index in [1.165, 1.54) is 0 Å². The first-order valence-corrected chi connectivity index (χ1v) is 6.42. The van der Waals surface area contributed by atoms with Crippen molar-refractivity contribution in [2.45, 2.75) is 25.8 Å². The molecular formula is C15H19N3O2. The number of nitrogens with two attached hydrogens (primary N) is 1. The molecule has 20 heavy (non-hydrogen) atoms. The molecule has 1 aromatic rings. The summed E-state index contributed by atoms with van der Waals surface area (Å²) in [5, 5.41) is 5.40. The molecule has 0 saturated heterocycles. The van der Waals surface area contributed by atoms with Crippen molar-refractivity contribution >= 4 is 17.5 Å². The Hall–Kier alpha value is -2.32. The highest BCUT2D eigenvalue weighted by Gasteiger charge is 2.12. The second-order valence-corrected chi connectivity index (χ2v) is 4.33. The molecular weight excluding hydrogens is 254 g/mol. The number of nitrogens with one attached hydrogen (secondary N) is 2. The van der Waals surface area contributed by atoms with Crippen molar-refractivity contribution in [3.05, 3.63) is 29.8 Å². The Labute approximate surface area is 118 Å². The van der Waals surface area contributed by atoms with Gasteiger partial charge in [-0.05, 0) is 24.6 Å². The lowest BCUT2D eigenvalue weighted by atomic mass is 10.1. The van der Waals surface area contributed by atoms with Crippen LogP contribution in [0.4, 0.5) is 5.69 Å². The minimum absolute atomic E-state index is 0.0275. The molecule has 0 aliphatic heterocycles. The van der Waals surface area contributed by atoms with Crippen LogP contribution in [0.25, 0.3) is 0 Å². The Balaban J connectivity index is 2.56. The number of carbonyl (C=O) groups excluding carboxylic acids is 2. The average molecular weight is 273 g/mol. The van der Waals surface area contributed by atoms with Gasteiger partial charge in [0.25, 0.3) is 0 Å². The van der Waals surface area contributed by atoms with Crippen molar-refractivity contribution in [2.24, 2.45) is 5.73 Å². The molecule has 0 fully saturated rings. The van der Waals surface area contributed by atoms with Crippen LogP contribution in [0.1, 0.15) is 18.9 Å². The van der Waals surface area contributed by atoms with Crippen molar-refractivity contribution < 1.29 is 9.59 Å². The molecule has 4 N–H and O–H groups in total. The minimum atomic E-state index is -0.713. The molecule has 0 heterocycles. The zero-order chi connectivity index (χ0) is 15.0. The van der Waals surface area contributed by atoms with Crippen molar-refractivity contribution in [1.82, 2.24) is 5.32 Å². The number of terminal acetylenes is 1. The lowest BCUT2D eigenvalue weighted by Gasteiger charge is -2.10. The fourth-order valence-corrected chi connectivity index (χ4v) is 1.61. The molecule has 5 nitrogen and oxygen atoms in total. The summed E-state index contributed by atoms with van der Waals surface area (Å²) in [5.74, 6) is 2.00. The number of anilines is 1. The van der Waals surface area contributed by atoms with Gasteiger partial charge >= 0.3 is 0 Å². The summed E-state index contributed by atoms with van der Waals surface area (Å²) in [7, 11) is 0. The Morgan fingerprint density at radius 3 is 2.55 bits per heavy atom. The van der Waals surface area contributed by atoms with E-state index in [2.05, 4.69) is 16.6 Å². The molecule has 0 radical (unpaired) electrons. The zero-order valence-electron chi connectivity index (χ0n) is 11.5. The van der Waals surface area contributed by atoms with E-state index >= 15 is 0 Å². The Bertz CT molecular complexity index is 503. The van der Waals surface area contributed by atoms with E-state index in [0.29, 0.717) is 18.7 Å². The highest BCUT2D eigenvalue weighted by molar-refractivity contribution is 5.94. The smallest absolute Gasteiger partial charge is 0.242 e. The number of likely N-dealkylation sites (N-methyl/N-ethyl adjacent to an activating group) is 1. The largest absolute Gasteiger partial charge is 0.356 e. The predicted octanol–water partition coefficient (Wildman–Crippen LogP) is 0.654. The second kappa shape index (κ2) is 7.97. The normalized spacial score (nSPS) is 11.2. The van der Waals surface area contributed by atoms with Crippen LogP contribution >= 0.6 is 0 Å². The van der Waals surface area contributed by atoms with Crippen molar-refractivity contribution in [1.29, 1.82) is 0 Å². The summed E-state index contributed by atoms with van der Waals surface area (Å²) in [4.78, 5) is 23.1. The zero-order valence-corrected chi connectivity index (χ0v) is 11.5. The Morgan fingerprint density at radius 1 is 1.35 bits per heavy atom. The van der Waals surface area contributed by atoms with E-state index in [4.69, 9.17) is 12.2 Å². The van der Waals surface area contributed by atoms with Crippen LogP contribution in [0.3, 0.4) is 0 Å². The number of hydrogen-bond donors (Lipinski definition) is 3. The van der Waals surface area contributed by atoms with Gasteiger partial charge in [-0.25, -0.2) is 0 Å². The lowest BCUT2D eigenvalue weighted by Crippen LogP contribution is -2.35. The van der Waals surface area contributed by atoms with Crippen molar-refractivity contribution in [3.8, 4) is 12.3 Å². The van der Waals surface area contributed by atoms with Gasteiger partial charge in [0.05, 0.1) is 12.5 Å². The summed E-state index contributed by atoms with van der Waals surface area (Å²) in [6.07, 6.45) is 5.62. The summed E-state index contributed by atoms with van der Waals surface area (Å²) >= 11 is 0. The highest BCUT2D eigenvalue weighted by Crippen LogP contribution is 2.10. The van der Waals surface area contributed by atoms with Crippen LogP contribution in [-0.4, -0.2) is 24.4 Å². The molecule has 0 spiro atoms. The number of amides is 2. The van der Waals surface area contributed by atoms with Crippen LogP contribution in [0, 0.1) is 12.3 Å². The summed E-state index contributed by atoms with van der Waals surface area (Å²) < 4.78 is 0. The average Bonchev–Trinajstić information content (AvgIpc) is 2.41. The number of hydrogen-bond acceptors (Lipinski definition) is 3. The Kier molecular flexibility index (Phi) is 6.27. The van der Waals surface area contributed by atoms with Gasteiger partial charge in [-0.1, -0.05) is 12.1 Å². The maximum Gasteiger partial charge on any atom is 0.242 e. The lowest BCUT2D eigenvalue weighted by molar-refractivity contribution is -0.120. The molecule has 1 aromatic carbocycles. The topological polar surface area (TPSA) is 84.2 Å². The maximum absolute atomic E-state index is 11.7. The Morgan fingerprint density at radius 2 is 2.00 bits per heavy atom. The van der Waals surface area contributed by atoms with Gasteiger partial charge in [-0.3, -0.25) is 9.59 Å². The van der Waals surface area contributed by atoms with E-state index < -0.39 is 6.04 Å². The van der Waals surface area contributed by atoms with Crippen LogP contribution in [0.15, 0.2) is 24.3 Å². The van der Waals surface area contributed by atoms with Gasteiger partial charge in [-0.15, -0.1) is 12.3 Å². The van der Waals surface area contributed by atoms with Gasteiger partial charge in [-0.2, -0.15) is 0 Å². The van der Waals surface area contributed by atoms with E-state index in [9.17, 15) is 9.59 Å². The molecule has 2 amide bonds. The summed E-state index contributed by atoms with van der Waals surface area (Å²) in [6.45, 7) is 2.48. The SMILES string of the molecule is C#CCC(N)C(=O)Nc1ccc(CC(=O)NCC)cc1. The third-order valence-corrected chi connectivity index (χ3v) is 2.63. The quantitative estimate of drug-likeness (QED) is 0.665. The maximum atomic E-state index is 11.7. The van der Waals surface area contributed by atoms with Crippen molar-refractivity contribution in [3.63, 3.8) is 0 Å². The third-order valence-electron chi connectivity index (χ3n) is 2.63. The van der Waals surface area contributed by atoms with Crippen LogP contribution < -0.4 is 16.4 Å². The monoisotopic (exact) mass is 273 g/mol. The predicted molar refractivity (Wildman–Crippen MR) is 78.9 cm³/mol. The standard InChI is InChI=1S/C15H19N3O2/c1-3-5-13(16)15(20)18-12-8-6-11(7-9-12)10-14(19)17-4-2/h1,6-9,13H,4-5,10,16H2,2H3,(H,17,19)(H,18,20). The molecule has 106 valence electrons. The van der Waals surface area contributed by atoms with Crippen molar-refractivity contribution in [2.75, 3.05) is 11.9 Å². The molecule has 0 aromatic heterocycles.